The van der Waals surface area contributed by atoms with Gasteiger partial charge in [-0.1, -0.05) is 115 Å². The van der Waals surface area contributed by atoms with Crippen molar-refractivity contribution in [2.45, 2.75) is 186 Å². The average Bonchev–Trinajstić information content (AvgIpc) is 3.68. The van der Waals surface area contributed by atoms with Gasteiger partial charge in [0.05, 0.1) is 11.6 Å². The molecule has 0 spiro atoms. The highest BCUT2D eigenvalue weighted by atomic mass is 15.1. The Labute approximate surface area is 302 Å². The summed E-state index contributed by atoms with van der Waals surface area (Å²) in [4.78, 5) is 17.9. The summed E-state index contributed by atoms with van der Waals surface area (Å²) in [7, 11) is 0. The van der Waals surface area contributed by atoms with Gasteiger partial charge in [-0.3, -0.25) is 15.0 Å². The van der Waals surface area contributed by atoms with E-state index in [-0.39, 0.29) is 33.2 Å². The number of fused-ring (bicyclic) bond motifs is 6. The van der Waals surface area contributed by atoms with Crippen LogP contribution in [0.1, 0.15) is 174 Å². The first-order chi connectivity index (χ1) is 23.1. The van der Waals surface area contributed by atoms with E-state index in [4.69, 9.17) is 15.0 Å². The Kier molecular flexibility index (Phi) is 10.6. The number of nitrogens with zero attached hydrogens (tertiary/aromatic N) is 3. The molecule has 0 amide bonds. The molecule has 4 nitrogen and oxygen atoms in total. The zero-order valence-electron chi connectivity index (χ0n) is 34.6. The lowest BCUT2D eigenvalue weighted by atomic mass is 9.56. The number of aliphatic imine (C=N–C) groups is 3. The molecule has 0 radical (unpaired) electrons. The van der Waals surface area contributed by atoms with Crippen LogP contribution in [0.2, 0.25) is 0 Å². The molecule has 5 aliphatic rings. The molecule has 1 saturated heterocycles. The van der Waals surface area contributed by atoms with Gasteiger partial charge >= 0.3 is 0 Å². The highest BCUT2D eigenvalue weighted by molar-refractivity contribution is 6.09. The molecule has 0 aromatic rings. The minimum absolute atomic E-state index is 0.00273. The normalized spacial score (nSPS) is 39.8. The predicted octanol–water partition coefficient (Wildman–Crippen LogP) is 12.5. The second-order valence-electron chi connectivity index (χ2n) is 18.3. The molecule has 1 fully saturated rings. The summed E-state index contributed by atoms with van der Waals surface area (Å²) >= 11 is 0. The van der Waals surface area contributed by atoms with Crippen molar-refractivity contribution in [3.05, 3.63) is 34.3 Å². The molecule has 49 heavy (non-hydrogen) atoms. The summed E-state index contributed by atoms with van der Waals surface area (Å²) in [6, 6.07) is 0.141. The second kappa shape index (κ2) is 13.5. The van der Waals surface area contributed by atoms with Gasteiger partial charge in [-0.25, -0.2) is 0 Å². The molecule has 274 valence electrons. The maximum absolute atomic E-state index is 6.11. The van der Waals surface area contributed by atoms with Gasteiger partial charge in [0.2, 0.25) is 0 Å². The zero-order valence-corrected chi connectivity index (χ0v) is 34.6. The fourth-order valence-corrected chi connectivity index (χ4v) is 12.0. The smallest absolute Gasteiger partial charge is 0.0868 e. The first-order valence-electron chi connectivity index (χ1n) is 20.7. The number of hydrogen-bond acceptors (Lipinski definition) is 4. The Hall–Kier alpha value is -1.97. The van der Waals surface area contributed by atoms with Gasteiger partial charge < -0.3 is 5.32 Å². The molecule has 9 atom stereocenters. The van der Waals surface area contributed by atoms with E-state index >= 15 is 0 Å². The topological polar surface area (TPSA) is 49.1 Å². The van der Waals surface area contributed by atoms with E-state index in [1.807, 2.05) is 0 Å². The third-order valence-corrected chi connectivity index (χ3v) is 15.5. The largest absolute Gasteiger partial charge is 0.361 e. The van der Waals surface area contributed by atoms with Gasteiger partial charge in [0.25, 0.3) is 0 Å². The van der Waals surface area contributed by atoms with Crippen LogP contribution in [0.3, 0.4) is 0 Å². The van der Waals surface area contributed by atoms with Crippen LogP contribution in [0.25, 0.3) is 0 Å². The van der Waals surface area contributed by atoms with E-state index in [1.165, 1.54) is 71.1 Å². The molecule has 0 aromatic carbocycles. The lowest BCUT2D eigenvalue weighted by molar-refractivity contribution is 0.0665. The van der Waals surface area contributed by atoms with Crippen molar-refractivity contribution in [1.29, 1.82) is 0 Å². The molecule has 0 aliphatic carbocycles. The second-order valence-corrected chi connectivity index (χ2v) is 18.3. The van der Waals surface area contributed by atoms with Crippen LogP contribution in [0, 0.1) is 45.3 Å². The van der Waals surface area contributed by atoms with E-state index in [0.717, 1.165) is 44.9 Å². The predicted molar refractivity (Wildman–Crippen MR) is 214 cm³/mol. The summed E-state index contributed by atoms with van der Waals surface area (Å²) in [5, 5.41) is 4.19. The third-order valence-electron chi connectivity index (χ3n) is 15.5. The highest BCUT2D eigenvalue weighted by Gasteiger charge is 2.64. The van der Waals surface area contributed by atoms with Crippen LogP contribution in [-0.4, -0.2) is 28.7 Å². The number of nitrogens with one attached hydrogen (secondary N) is 1. The van der Waals surface area contributed by atoms with Crippen molar-refractivity contribution in [2.24, 2.45) is 60.3 Å². The highest BCUT2D eigenvalue weighted by Crippen LogP contribution is 2.62. The first-order valence-corrected chi connectivity index (χ1v) is 20.7. The maximum atomic E-state index is 6.11. The quantitative estimate of drug-likeness (QED) is 0.234. The van der Waals surface area contributed by atoms with Crippen LogP contribution in [-0.2, 0) is 0 Å². The van der Waals surface area contributed by atoms with E-state index < -0.39 is 0 Å². The van der Waals surface area contributed by atoms with Crippen molar-refractivity contribution in [1.82, 2.24) is 5.32 Å². The molecule has 5 aliphatic heterocycles. The van der Waals surface area contributed by atoms with E-state index in [2.05, 4.69) is 115 Å². The van der Waals surface area contributed by atoms with Crippen molar-refractivity contribution < 1.29 is 0 Å². The molecule has 4 heteroatoms. The molecule has 0 saturated carbocycles. The number of hydrogen-bond donors (Lipinski definition) is 1. The van der Waals surface area contributed by atoms with Crippen molar-refractivity contribution in [2.75, 3.05) is 0 Å². The molecular formula is C45H74N4. The average molecular weight is 671 g/mol. The standard InChI is InChI=1S/C45H74N4/c1-16-23-31-34-27-35-41(10,11)32(24-17-2)36(47-35)28(8)39-43(13,26-19-4)30(20-5)40(48-39)45(15)44(14,22-7)33(25-18-3)37(49-45)29(9)38(46-34)42(31,12)21-6/h27,30-33,40,46H,16-26H2,1-15H3/t30-,31+,32+,33+,40?,42-,43+,44-,45-/m0/s1. The van der Waals surface area contributed by atoms with Crippen LogP contribution in [0.5, 0.6) is 0 Å². The van der Waals surface area contributed by atoms with Crippen molar-refractivity contribution in [3.8, 4) is 0 Å². The van der Waals surface area contributed by atoms with Crippen LogP contribution in [0.15, 0.2) is 49.3 Å². The monoisotopic (exact) mass is 671 g/mol. The molecule has 1 unspecified atom stereocenters. The lowest BCUT2D eigenvalue weighted by Crippen LogP contribution is -2.54. The molecule has 0 aromatic heterocycles. The minimum atomic E-state index is -0.295. The molecular weight excluding hydrogens is 597 g/mol. The first kappa shape index (κ1) is 38.3. The Morgan fingerprint density at radius 3 is 1.88 bits per heavy atom. The summed E-state index contributed by atoms with van der Waals surface area (Å²) in [6.07, 6.45) is 15.1. The molecule has 8 bridgehead atoms. The van der Waals surface area contributed by atoms with Crippen molar-refractivity contribution in [3.63, 3.8) is 0 Å². The van der Waals surface area contributed by atoms with Crippen molar-refractivity contribution >= 4 is 17.1 Å². The van der Waals surface area contributed by atoms with E-state index in [1.54, 1.807) is 0 Å². The summed E-state index contributed by atoms with van der Waals surface area (Å²) in [5.74, 6) is 1.67. The Morgan fingerprint density at radius 2 is 1.33 bits per heavy atom. The van der Waals surface area contributed by atoms with Crippen LogP contribution >= 0.6 is 0 Å². The minimum Gasteiger partial charge on any atom is -0.361 e. The number of allylic oxidation sites excluding steroid dienone is 6. The van der Waals surface area contributed by atoms with E-state index in [9.17, 15) is 0 Å². The molecule has 1 N–H and O–H groups in total. The van der Waals surface area contributed by atoms with E-state index in [0.29, 0.717) is 23.7 Å². The van der Waals surface area contributed by atoms with Crippen LogP contribution in [0.4, 0.5) is 0 Å². The Morgan fingerprint density at radius 1 is 0.714 bits per heavy atom. The third kappa shape index (κ3) is 5.36. The lowest BCUT2D eigenvalue weighted by Gasteiger charge is -2.48. The van der Waals surface area contributed by atoms with Gasteiger partial charge in [0.15, 0.2) is 0 Å². The summed E-state index contributed by atoms with van der Waals surface area (Å²) in [5.41, 5.74) is 10.5. The Bertz CT molecular complexity index is 1480. The number of rotatable bonds is 11. The summed E-state index contributed by atoms with van der Waals surface area (Å²) in [6.45, 7) is 36.7. The summed E-state index contributed by atoms with van der Waals surface area (Å²) < 4.78 is 0. The van der Waals surface area contributed by atoms with Gasteiger partial charge in [-0.2, -0.15) is 0 Å². The zero-order chi connectivity index (χ0) is 36.3. The van der Waals surface area contributed by atoms with Crippen LogP contribution < -0.4 is 5.32 Å². The maximum Gasteiger partial charge on any atom is 0.0868 e. The fraction of sp³-hybridized carbons (Fsp3) is 0.800. The molecule has 5 heterocycles. The van der Waals surface area contributed by atoms with Gasteiger partial charge in [-0.05, 0) is 82.4 Å². The SMILES string of the molecule is CCC[C@@H]1C2=C(C)C3=NC([C@H](CC)[C@@]3(C)CCC)[C@]3(C)N=C(C(C)=C4NC(=CC(=N2)C1(C)C)[C@@H](CCC)[C@]4(C)CC)[C@@H](CCC)[C@]3(C)CC. The fourth-order valence-electron chi connectivity index (χ4n) is 12.0. The van der Waals surface area contributed by atoms with Gasteiger partial charge in [0.1, 0.15) is 0 Å². The Balaban J connectivity index is 1.95. The molecule has 5 rings (SSSR count). The van der Waals surface area contributed by atoms with Gasteiger partial charge in [-0.15, -0.1) is 0 Å². The van der Waals surface area contributed by atoms with Gasteiger partial charge in [0, 0.05) is 73.6 Å².